The third-order valence-electron chi connectivity index (χ3n) is 3.87. The third-order valence-corrected chi connectivity index (χ3v) is 3.87. The highest BCUT2D eigenvalue weighted by atomic mass is 16.3. The number of amides is 1. The first-order valence-electron chi connectivity index (χ1n) is 7.63. The maximum absolute atomic E-state index is 12.4. The van der Waals surface area contributed by atoms with Gasteiger partial charge in [0.15, 0.2) is 0 Å². The van der Waals surface area contributed by atoms with Crippen LogP contribution in [0, 0.1) is 0 Å². The smallest absolute Gasteiger partial charge is 0.248 e. The Labute approximate surface area is 139 Å². The predicted octanol–water partition coefficient (Wildman–Crippen LogP) is 3.18. The summed E-state index contributed by atoms with van der Waals surface area (Å²) in [6.07, 6.45) is 3.11. The first-order chi connectivity index (χ1) is 11.5. The standard InChI is InChI=1S/C19H18N2O3/c1-13(17-8-5-9-24-17)10-19(23)21(2)12-14-11-18(22)20-16-7-4-3-6-15(14)16/h3-11H,12H2,1-2H3,(H,20,22). The highest BCUT2D eigenvalue weighted by molar-refractivity contribution is 5.94. The molecule has 0 bridgehead atoms. The zero-order valence-electron chi connectivity index (χ0n) is 13.6. The van der Waals surface area contributed by atoms with Crippen LogP contribution in [0.4, 0.5) is 0 Å². The number of benzene rings is 1. The summed E-state index contributed by atoms with van der Waals surface area (Å²) in [5.41, 5.74) is 2.16. The van der Waals surface area contributed by atoms with Gasteiger partial charge in [-0.15, -0.1) is 0 Å². The van der Waals surface area contributed by atoms with E-state index in [1.165, 1.54) is 12.1 Å². The predicted molar refractivity (Wildman–Crippen MR) is 93.4 cm³/mol. The zero-order valence-corrected chi connectivity index (χ0v) is 13.6. The van der Waals surface area contributed by atoms with Gasteiger partial charge in [-0.25, -0.2) is 0 Å². The van der Waals surface area contributed by atoms with E-state index in [-0.39, 0.29) is 11.5 Å². The lowest BCUT2D eigenvalue weighted by molar-refractivity contribution is -0.125. The van der Waals surface area contributed by atoms with Gasteiger partial charge in [0.25, 0.3) is 0 Å². The number of aromatic nitrogens is 1. The number of aromatic amines is 1. The molecule has 122 valence electrons. The van der Waals surface area contributed by atoms with Crippen LogP contribution in [-0.4, -0.2) is 22.8 Å². The van der Waals surface area contributed by atoms with E-state index in [1.54, 1.807) is 24.3 Å². The average Bonchev–Trinajstić information content (AvgIpc) is 3.09. The van der Waals surface area contributed by atoms with Gasteiger partial charge in [0.1, 0.15) is 5.76 Å². The number of hydrogen-bond acceptors (Lipinski definition) is 3. The number of pyridine rings is 1. The van der Waals surface area contributed by atoms with Crippen LogP contribution >= 0.6 is 0 Å². The Morgan fingerprint density at radius 1 is 1.25 bits per heavy atom. The van der Waals surface area contributed by atoms with E-state index in [9.17, 15) is 9.59 Å². The normalized spacial score (nSPS) is 11.7. The maximum atomic E-state index is 12.4. The first kappa shape index (κ1) is 15.8. The van der Waals surface area contributed by atoms with Gasteiger partial charge in [0.2, 0.25) is 11.5 Å². The fourth-order valence-electron chi connectivity index (χ4n) is 2.61. The summed E-state index contributed by atoms with van der Waals surface area (Å²) in [7, 11) is 1.71. The molecule has 1 aromatic carbocycles. The summed E-state index contributed by atoms with van der Waals surface area (Å²) in [5, 5.41) is 0.934. The molecule has 1 amide bonds. The SMILES string of the molecule is CC(=CC(=O)N(C)Cc1cc(=O)[nH]c2ccccc12)c1ccco1. The second-order valence-corrected chi connectivity index (χ2v) is 5.70. The lowest BCUT2D eigenvalue weighted by Gasteiger charge is -2.17. The van der Waals surface area contributed by atoms with Crippen molar-refractivity contribution in [3.63, 3.8) is 0 Å². The number of carbonyl (C=O) groups excluding carboxylic acids is 1. The van der Waals surface area contributed by atoms with E-state index in [4.69, 9.17) is 4.42 Å². The first-order valence-corrected chi connectivity index (χ1v) is 7.63. The molecule has 1 N–H and O–H groups in total. The Bertz CT molecular complexity index is 952. The number of para-hydroxylation sites is 1. The zero-order chi connectivity index (χ0) is 17.1. The summed E-state index contributed by atoms with van der Waals surface area (Å²) in [6.45, 7) is 2.18. The Morgan fingerprint density at radius 2 is 2.04 bits per heavy atom. The minimum atomic E-state index is -0.174. The molecule has 2 heterocycles. The molecule has 5 heteroatoms. The van der Waals surface area contributed by atoms with Crippen LogP contribution < -0.4 is 5.56 Å². The van der Waals surface area contributed by atoms with Crippen molar-refractivity contribution in [2.75, 3.05) is 7.05 Å². The molecule has 5 nitrogen and oxygen atoms in total. The van der Waals surface area contributed by atoms with E-state index in [1.807, 2.05) is 37.3 Å². The van der Waals surface area contributed by atoms with Gasteiger partial charge in [0, 0.05) is 36.6 Å². The molecule has 0 aliphatic rings. The second-order valence-electron chi connectivity index (χ2n) is 5.70. The third kappa shape index (κ3) is 3.30. The number of H-pyrrole nitrogens is 1. The molecular formula is C19H18N2O3. The molecule has 0 aliphatic heterocycles. The number of nitrogens with one attached hydrogen (secondary N) is 1. The number of fused-ring (bicyclic) bond motifs is 1. The molecule has 2 aromatic heterocycles. The molecule has 0 unspecified atom stereocenters. The summed E-state index contributed by atoms with van der Waals surface area (Å²) in [5.74, 6) is 0.520. The number of allylic oxidation sites excluding steroid dienone is 1. The van der Waals surface area contributed by atoms with Gasteiger partial charge in [-0.1, -0.05) is 18.2 Å². The molecular weight excluding hydrogens is 304 g/mol. The molecule has 3 aromatic rings. The van der Waals surface area contributed by atoms with Crippen molar-refractivity contribution >= 4 is 22.4 Å². The van der Waals surface area contributed by atoms with Crippen LogP contribution in [0.25, 0.3) is 16.5 Å². The van der Waals surface area contributed by atoms with Gasteiger partial charge in [0.05, 0.1) is 6.26 Å². The summed E-state index contributed by atoms with van der Waals surface area (Å²) in [4.78, 5) is 28.6. The number of furan rings is 1. The highest BCUT2D eigenvalue weighted by Crippen LogP contribution is 2.17. The molecule has 0 spiro atoms. The largest absolute Gasteiger partial charge is 0.465 e. The van der Waals surface area contributed by atoms with Gasteiger partial charge in [-0.2, -0.15) is 0 Å². The van der Waals surface area contributed by atoms with Crippen LogP contribution in [0.5, 0.6) is 0 Å². The Kier molecular flexibility index (Phi) is 4.33. The fourth-order valence-corrected chi connectivity index (χ4v) is 2.61. The second kappa shape index (κ2) is 6.58. The van der Waals surface area contributed by atoms with E-state index < -0.39 is 0 Å². The Hall–Kier alpha value is -3.08. The van der Waals surface area contributed by atoms with Crippen molar-refractivity contribution in [3.8, 4) is 0 Å². The Balaban J connectivity index is 1.85. The number of nitrogens with zero attached hydrogens (tertiary/aromatic N) is 1. The summed E-state index contributed by atoms with van der Waals surface area (Å²) < 4.78 is 5.28. The van der Waals surface area contributed by atoms with Gasteiger partial charge in [-0.3, -0.25) is 9.59 Å². The van der Waals surface area contributed by atoms with Crippen molar-refractivity contribution in [2.45, 2.75) is 13.5 Å². The van der Waals surface area contributed by atoms with Crippen LogP contribution in [0.15, 0.2) is 64.0 Å². The van der Waals surface area contributed by atoms with E-state index in [0.717, 1.165) is 22.0 Å². The molecule has 0 saturated carbocycles. The van der Waals surface area contributed by atoms with Crippen molar-refractivity contribution in [2.24, 2.45) is 0 Å². The van der Waals surface area contributed by atoms with Crippen LogP contribution in [-0.2, 0) is 11.3 Å². The molecule has 0 fully saturated rings. The lowest BCUT2D eigenvalue weighted by atomic mass is 10.1. The number of likely N-dealkylation sites (N-methyl/N-ethyl adjacent to an activating group) is 1. The number of carbonyl (C=O) groups is 1. The van der Waals surface area contributed by atoms with E-state index in [2.05, 4.69) is 4.98 Å². The molecule has 0 atom stereocenters. The van der Waals surface area contributed by atoms with Gasteiger partial charge in [-0.05, 0) is 36.3 Å². The Morgan fingerprint density at radius 3 is 2.79 bits per heavy atom. The summed E-state index contributed by atoms with van der Waals surface area (Å²) in [6, 6.07) is 12.7. The number of hydrogen-bond donors (Lipinski definition) is 1. The average molecular weight is 322 g/mol. The highest BCUT2D eigenvalue weighted by Gasteiger charge is 2.11. The fraction of sp³-hybridized carbons (Fsp3) is 0.158. The van der Waals surface area contributed by atoms with Crippen LogP contribution in [0.3, 0.4) is 0 Å². The van der Waals surface area contributed by atoms with Crippen LogP contribution in [0.1, 0.15) is 18.2 Å². The molecule has 0 saturated heterocycles. The minimum Gasteiger partial charge on any atom is -0.465 e. The maximum Gasteiger partial charge on any atom is 0.248 e. The molecule has 0 aliphatic carbocycles. The lowest BCUT2D eigenvalue weighted by Crippen LogP contribution is -2.25. The minimum absolute atomic E-state index is 0.145. The summed E-state index contributed by atoms with van der Waals surface area (Å²) >= 11 is 0. The van der Waals surface area contributed by atoms with E-state index >= 15 is 0 Å². The van der Waals surface area contributed by atoms with Crippen molar-refractivity contribution in [1.82, 2.24) is 9.88 Å². The monoisotopic (exact) mass is 322 g/mol. The number of rotatable bonds is 4. The quantitative estimate of drug-likeness (QED) is 0.750. The molecule has 24 heavy (non-hydrogen) atoms. The van der Waals surface area contributed by atoms with E-state index in [0.29, 0.717) is 12.3 Å². The van der Waals surface area contributed by atoms with Gasteiger partial charge < -0.3 is 14.3 Å². The van der Waals surface area contributed by atoms with Crippen molar-refractivity contribution in [1.29, 1.82) is 0 Å². The van der Waals surface area contributed by atoms with Gasteiger partial charge >= 0.3 is 0 Å². The molecule has 3 rings (SSSR count). The van der Waals surface area contributed by atoms with Crippen LogP contribution in [0.2, 0.25) is 0 Å². The topological polar surface area (TPSA) is 66.3 Å². The molecule has 0 radical (unpaired) electrons. The van der Waals surface area contributed by atoms with Crippen molar-refractivity contribution < 1.29 is 9.21 Å². The van der Waals surface area contributed by atoms with Crippen molar-refractivity contribution in [3.05, 3.63) is 76.5 Å².